The van der Waals surface area contributed by atoms with Gasteiger partial charge < -0.3 is 5.73 Å². The largest absolute Gasteiger partial charge is 0.323 e. The summed E-state index contributed by atoms with van der Waals surface area (Å²) in [5.74, 6) is 0. The third-order valence-corrected chi connectivity index (χ3v) is 2.21. The zero-order valence-electron chi connectivity index (χ0n) is 7.99. The van der Waals surface area contributed by atoms with Gasteiger partial charge in [0.2, 0.25) is 0 Å². The summed E-state index contributed by atoms with van der Waals surface area (Å²) in [6.07, 6.45) is 0.274. The summed E-state index contributed by atoms with van der Waals surface area (Å²) in [7, 11) is 0. The van der Waals surface area contributed by atoms with E-state index in [9.17, 15) is 0 Å². The summed E-state index contributed by atoms with van der Waals surface area (Å²) in [5, 5.41) is 17.3. The van der Waals surface area contributed by atoms with Crippen molar-refractivity contribution in [2.45, 2.75) is 19.4 Å². The predicted octanol–water partition coefficient (Wildman–Crippen LogP) is 1.78. The fraction of sp³-hybridized carbons (Fsp3) is 0.273. The molecular weight excluding hydrogens is 174 g/mol. The van der Waals surface area contributed by atoms with E-state index in [0.717, 1.165) is 11.1 Å². The number of nitrogens with two attached hydrogens (primary N) is 1. The van der Waals surface area contributed by atoms with Crippen molar-refractivity contribution in [2.75, 3.05) is 0 Å². The van der Waals surface area contributed by atoms with Crippen LogP contribution >= 0.6 is 0 Å². The number of rotatable bonds is 2. The molecule has 70 valence electrons. The van der Waals surface area contributed by atoms with Crippen LogP contribution in [0.5, 0.6) is 0 Å². The number of hydrogen-bond acceptors (Lipinski definition) is 3. The quantitative estimate of drug-likeness (QED) is 0.763. The van der Waals surface area contributed by atoms with Crippen molar-refractivity contribution >= 4 is 0 Å². The third-order valence-electron chi connectivity index (χ3n) is 2.21. The van der Waals surface area contributed by atoms with Gasteiger partial charge in [0.25, 0.3) is 0 Å². The Bertz CT molecular complexity index is 410. The van der Waals surface area contributed by atoms with Crippen LogP contribution < -0.4 is 5.73 Å². The van der Waals surface area contributed by atoms with Crippen molar-refractivity contribution in [1.29, 1.82) is 10.5 Å². The molecule has 2 N–H and O–H groups in total. The molecule has 0 saturated carbocycles. The van der Waals surface area contributed by atoms with E-state index in [1.54, 1.807) is 12.1 Å². The Hall–Kier alpha value is -1.84. The summed E-state index contributed by atoms with van der Waals surface area (Å²) in [6.45, 7) is 1.85. The van der Waals surface area contributed by atoms with Crippen LogP contribution in [-0.2, 0) is 0 Å². The number of hydrogen-bond donors (Lipinski definition) is 1. The van der Waals surface area contributed by atoms with Gasteiger partial charge in [-0.15, -0.1) is 0 Å². The Balaban J connectivity index is 3.12. The highest BCUT2D eigenvalue weighted by Gasteiger charge is 2.10. The summed E-state index contributed by atoms with van der Waals surface area (Å²) in [4.78, 5) is 0. The summed E-state index contributed by atoms with van der Waals surface area (Å²) in [6, 6.07) is 9.22. The van der Waals surface area contributed by atoms with Crippen LogP contribution in [0.1, 0.15) is 29.2 Å². The molecule has 0 saturated heterocycles. The van der Waals surface area contributed by atoms with E-state index in [-0.39, 0.29) is 12.5 Å². The van der Waals surface area contributed by atoms with Crippen molar-refractivity contribution < 1.29 is 0 Å². The molecule has 1 unspecified atom stereocenters. The average Bonchev–Trinajstić information content (AvgIpc) is 2.18. The molecule has 3 nitrogen and oxygen atoms in total. The van der Waals surface area contributed by atoms with Gasteiger partial charge in [0.1, 0.15) is 0 Å². The SMILES string of the molecule is Cc1c(C#N)cccc1C(N)CC#N. The molecule has 1 rings (SSSR count). The fourth-order valence-corrected chi connectivity index (χ4v) is 1.38. The molecule has 3 heteroatoms. The first kappa shape index (κ1) is 10.2. The highest BCUT2D eigenvalue weighted by molar-refractivity contribution is 5.43. The van der Waals surface area contributed by atoms with Crippen LogP contribution in [0, 0.1) is 29.6 Å². The van der Waals surface area contributed by atoms with Crippen LogP contribution in [0.4, 0.5) is 0 Å². The monoisotopic (exact) mass is 185 g/mol. The van der Waals surface area contributed by atoms with Crippen LogP contribution in [0.15, 0.2) is 18.2 Å². The smallest absolute Gasteiger partial charge is 0.0994 e. The number of nitriles is 2. The first-order chi connectivity index (χ1) is 6.70. The minimum Gasteiger partial charge on any atom is -0.323 e. The molecule has 0 radical (unpaired) electrons. The van der Waals surface area contributed by atoms with Crippen LogP contribution in [-0.4, -0.2) is 0 Å². The first-order valence-corrected chi connectivity index (χ1v) is 4.33. The second-order valence-electron chi connectivity index (χ2n) is 3.10. The molecule has 0 heterocycles. The first-order valence-electron chi connectivity index (χ1n) is 4.33. The minimum absolute atomic E-state index is 0.274. The summed E-state index contributed by atoms with van der Waals surface area (Å²) < 4.78 is 0. The van der Waals surface area contributed by atoms with Gasteiger partial charge in [-0.2, -0.15) is 10.5 Å². The molecule has 1 aromatic rings. The Morgan fingerprint density at radius 1 is 1.43 bits per heavy atom. The van der Waals surface area contributed by atoms with Crippen LogP contribution in [0.2, 0.25) is 0 Å². The normalized spacial score (nSPS) is 11.4. The predicted molar refractivity (Wildman–Crippen MR) is 53.1 cm³/mol. The molecule has 0 spiro atoms. The highest BCUT2D eigenvalue weighted by Crippen LogP contribution is 2.20. The fourth-order valence-electron chi connectivity index (χ4n) is 1.38. The van der Waals surface area contributed by atoms with Crippen molar-refractivity contribution in [3.63, 3.8) is 0 Å². The Labute approximate surface area is 83.4 Å². The Kier molecular flexibility index (Phi) is 3.23. The van der Waals surface area contributed by atoms with Crippen LogP contribution in [0.3, 0.4) is 0 Å². The average molecular weight is 185 g/mol. The maximum Gasteiger partial charge on any atom is 0.0994 e. The zero-order chi connectivity index (χ0) is 10.6. The highest BCUT2D eigenvalue weighted by atomic mass is 14.6. The van der Waals surface area contributed by atoms with E-state index in [2.05, 4.69) is 6.07 Å². The molecule has 0 aliphatic carbocycles. The topological polar surface area (TPSA) is 73.6 Å². The molecule has 0 bridgehead atoms. The van der Waals surface area contributed by atoms with Gasteiger partial charge in [-0.1, -0.05) is 12.1 Å². The molecular formula is C11H11N3. The van der Waals surface area contributed by atoms with Crippen LogP contribution in [0.25, 0.3) is 0 Å². The van der Waals surface area contributed by atoms with E-state index in [1.165, 1.54) is 0 Å². The molecule has 0 aliphatic rings. The van der Waals surface area contributed by atoms with E-state index in [0.29, 0.717) is 5.56 Å². The zero-order valence-corrected chi connectivity index (χ0v) is 7.99. The van der Waals surface area contributed by atoms with Gasteiger partial charge >= 0.3 is 0 Å². The van der Waals surface area contributed by atoms with E-state index in [1.807, 2.05) is 19.1 Å². The van der Waals surface area contributed by atoms with E-state index < -0.39 is 0 Å². The number of nitrogens with zero attached hydrogens (tertiary/aromatic N) is 2. The maximum atomic E-state index is 8.80. The Morgan fingerprint density at radius 3 is 2.71 bits per heavy atom. The van der Waals surface area contributed by atoms with Gasteiger partial charge in [-0.3, -0.25) is 0 Å². The van der Waals surface area contributed by atoms with Gasteiger partial charge in [-0.25, -0.2) is 0 Å². The van der Waals surface area contributed by atoms with Gasteiger partial charge in [0.05, 0.1) is 24.1 Å². The molecule has 1 atom stereocenters. The summed E-state index contributed by atoms with van der Waals surface area (Å²) in [5.41, 5.74) is 8.17. The van der Waals surface area contributed by atoms with E-state index >= 15 is 0 Å². The lowest BCUT2D eigenvalue weighted by atomic mass is 9.96. The molecule has 0 amide bonds. The number of benzene rings is 1. The lowest BCUT2D eigenvalue weighted by Gasteiger charge is -2.11. The van der Waals surface area contributed by atoms with Crippen molar-refractivity contribution in [1.82, 2.24) is 0 Å². The molecule has 14 heavy (non-hydrogen) atoms. The summed E-state index contributed by atoms with van der Waals surface area (Å²) >= 11 is 0. The molecule has 0 fully saturated rings. The minimum atomic E-state index is -0.298. The standard InChI is InChI=1S/C11H11N3/c1-8-9(7-13)3-2-4-10(8)11(14)5-6-12/h2-4,11H,5,14H2,1H3. The second-order valence-corrected chi connectivity index (χ2v) is 3.10. The molecule has 1 aromatic carbocycles. The lowest BCUT2D eigenvalue weighted by molar-refractivity contribution is 0.742. The second kappa shape index (κ2) is 4.41. The molecule has 0 aromatic heterocycles. The lowest BCUT2D eigenvalue weighted by Crippen LogP contribution is -2.11. The van der Waals surface area contributed by atoms with Gasteiger partial charge in [-0.05, 0) is 24.1 Å². The molecule has 0 aliphatic heterocycles. The third kappa shape index (κ3) is 1.90. The Morgan fingerprint density at radius 2 is 2.14 bits per heavy atom. The van der Waals surface area contributed by atoms with Crippen molar-refractivity contribution in [2.24, 2.45) is 5.73 Å². The van der Waals surface area contributed by atoms with E-state index in [4.69, 9.17) is 16.3 Å². The maximum absolute atomic E-state index is 8.80. The van der Waals surface area contributed by atoms with Gasteiger partial charge in [0.15, 0.2) is 0 Å². The van der Waals surface area contributed by atoms with Crippen molar-refractivity contribution in [3.05, 3.63) is 34.9 Å². The van der Waals surface area contributed by atoms with Crippen molar-refractivity contribution in [3.8, 4) is 12.1 Å². The van der Waals surface area contributed by atoms with Gasteiger partial charge in [0, 0.05) is 6.04 Å².